The number of benzene rings is 1. The highest BCUT2D eigenvalue weighted by Crippen LogP contribution is 2.25. The normalized spacial score (nSPS) is 25.0. The van der Waals surface area contributed by atoms with E-state index >= 15 is 0 Å². The molecule has 132 valence electrons. The Bertz CT molecular complexity index is 555. The van der Waals surface area contributed by atoms with Gasteiger partial charge in [0.1, 0.15) is 5.75 Å². The lowest BCUT2D eigenvalue weighted by atomic mass is 10.1. The monoisotopic (exact) mass is 332 g/mol. The smallest absolute Gasteiger partial charge is 0.226 e. The number of para-hydroxylation sites is 1. The zero-order chi connectivity index (χ0) is 16.9. The van der Waals surface area contributed by atoms with Crippen LogP contribution >= 0.6 is 0 Å². The van der Waals surface area contributed by atoms with Gasteiger partial charge in [-0.1, -0.05) is 18.2 Å². The van der Waals surface area contributed by atoms with Gasteiger partial charge in [0.15, 0.2) is 0 Å². The second kappa shape index (κ2) is 7.99. The molecular formula is C19H28N2O3. The Morgan fingerprint density at radius 1 is 1.21 bits per heavy atom. The van der Waals surface area contributed by atoms with E-state index in [-0.39, 0.29) is 12.0 Å². The van der Waals surface area contributed by atoms with Crippen molar-refractivity contribution < 1.29 is 14.6 Å². The summed E-state index contributed by atoms with van der Waals surface area (Å²) in [6, 6.07) is 8.17. The molecule has 1 aromatic rings. The predicted octanol–water partition coefficient (Wildman–Crippen LogP) is 1.82. The molecule has 0 spiro atoms. The Morgan fingerprint density at radius 2 is 1.96 bits per heavy atom. The summed E-state index contributed by atoms with van der Waals surface area (Å²) in [6.07, 6.45) is 3.34. The third-order valence-corrected chi connectivity index (χ3v) is 5.25. The van der Waals surface area contributed by atoms with E-state index in [4.69, 9.17) is 4.74 Å². The lowest BCUT2D eigenvalue weighted by molar-refractivity contribution is -0.134. The van der Waals surface area contributed by atoms with Crippen LogP contribution in [-0.4, -0.2) is 65.7 Å². The molecule has 0 unspecified atom stereocenters. The van der Waals surface area contributed by atoms with Crippen molar-refractivity contribution in [3.05, 3.63) is 29.8 Å². The first kappa shape index (κ1) is 17.2. The number of aliphatic hydroxyl groups is 1. The molecule has 5 heteroatoms. The highest BCUT2D eigenvalue weighted by atomic mass is 16.5. The fourth-order valence-corrected chi connectivity index (χ4v) is 3.77. The minimum Gasteiger partial charge on any atom is -0.493 e. The summed E-state index contributed by atoms with van der Waals surface area (Å²) in [5.41, 5.74) is 1.09. The molecule has 5 nitrogen and oxygen atoms in total. The zero-order valence-electron chi connectivity index (χ0n) is 14.5. The maximum Gasteiger partial charge on any atom is 0.226 e. The number of aryl methyl sites for hydroxylation is 1. The van der Waals surface area contributed by atoms with Gasteiger partial charge < -0.3 is 14.7 Å². The van der Waals surface area contributed by atoms with E-state index < -0.39 is 0 Å². The molecule has 3 rings (SSSR count). The number of aliphatic hydroxyl groups excluding tert-OH is 1. The standard InChI is InChI=1S/C19H28N2O3/c1-15-5-2-3-8-18(15)24-14-9-19(23)21-12-10-20(11-13-21)16-6-4-7-17(16)22/h2-3,5,8,16-17,22H,4,6-7,9-14H2,1H3/t16-,17+/m0/s1. The quantitative estimate of drug-likeness (QED) is 0.894. The van der Waals surface area contributed by atoms with E-state index in [1.165, 1.54) is 0 Å². The second-order valence-corrected chi connectivity index (χ2v) is 6.85. The van der Waals surface area contributed by atoms with Crippen molar-refractivity contribution in [3.63, 3.8) is 0 Å². The van der Waals surface area contributed by atoms with Gasteiger partial charge in [-0.2, -0.15) is 0 Å². The predicted molar refractivity (Wildman–Crippen MR) is 93.1 cm³/mol. The van der Waals surface area contributed by atoms with Crippen LogP contribution in [0, 0.1) is 6.92 Å². The van der Waals surface area contributed by atoms with Crippen LogP contribution in [0.3, 0.4) is 0 Å². The number of hydrogen-bond acceptors (Lipinski definition) is 4. The summed E-state index contributed by atoms with van der Waals surface area (Å²) in [5, 5.41) is 10.0. The molecule has 0 aromatic heterocycles. The first-order valence-corrected chi connectivity index (χ1v) is 9.03. The second-order valence-electron chi connectivity index (χ2n) is 6.85. The Labute approximate surface area is 144 Å². The Hall–Kier alpha value is -1.59. The Kier molecular flexibility index (Phi) is 5.74. The molecule has 1 aliphatic carbocycles. The fourth-order valence-electron chi connectivity index (χ4n) is 3.77. The summed E-state index contributed by atoms with van der Waals surface area (Å²) >= 11 is 0. The summed E-state index contributed by atoms with van der Waals surface area (Å²) in [5.74, 6) is 1.01. The van der Waals surface area contributed by atoms with Crippen LogP contribution in [0.5, 0.6) is 5.75 Å². The largest absolute Gasteiger partial charge is 0.493 e. The van der Waals surface area contributed by atoms with Gasteiger partial charge in [-0.3, -0.25) is 9.69 Å². The van der Waals surface area contributed by atoms with Gasteiger partial charge >= 0.3 is 0 Å². The molecule has 1 N–H and O–H groups in total. The number of ether oxygens (including phenoxy) is 1. The summed E-state index contributed by atoms with van der Waals surface area (Å²) < 4.78 is 5.72. The molecule has 0 radical (unpaired) electrons. The number of nitrogens with zero attached hydrogens (tertiary/aromatic N) is 2. The number of piperazine rings is 1. The van der Waals surface area contributed by atoms with Gasteiger partial charge in [0, 0.05) is 32.2 Å². The molecule has 2 aliphatic rings. The molecule has 2 fully saturated rings. The number of carbonyl (C=O) groups excluding carboxylic acids is 1. The van der Waals surface area contributed by atoms with Crippen LogP contribution in [0.4, 0.5) is 0 Å². The van der Waals surface area contributed by atoms with Crippen molar-refractivity contribution in [1.29, 1.82) is 0 Å². The van der Waals surface area contributed by atoms with Crippen molar-refractivity contribution >= 4 is 5.91 Å². The fraction of sp³-hybridized carbons (Fsp3) is 0.632. The Morgan fingerprint density at radius 3 is 2.62 bits per heavy atom. The summed E-state index contributed by atoms with van der Waals surface area (Å²) in [6.45, 7) is 5.68. The van der Waals surface area contributed by atoms with Crippen LogP contribution < -0.4 is 4.74 Å². The average molecular weight is 332 g/mol. The van der Waals surface area contributed by atoms with Gasteiger partial charge in [0.05, 0.1) is 19.1 Å². The maximum absolute atomic E-state index is 12.3. The molecule has 1 aromatic carbocycles. The van der Waals surface area contributed by atoms with Crippen LogP contribution in [-0.2, 0) is 4.79 Å². The van der Waals surface area contributed by atoms with E-state index in [1.54, 1.807) is 0 Å². The van der Waals surface area contributed by atoms with E-state index in [0.717, 1.165) is 56.8 Å². The van der Waals surface area contributed by atoms with Gasteiger partial charge in [0.25, 0.3) is 0 Å². The van der Waals surface area contributed by atoms with Crippen LogP contribution in [0.1, 0.15) is 31.2 Å². The minimum atomic E-state index is -0.185. The van der Waals surface area contributed by atoms with Crippen molar-refractivity contribution in [2.24, 2.45) is 0 Å². The summed E-state index contributed by atoms with van der Waals surface area (Å²) in [7, 11) is 0. The molecule has 1 aliphatic heterocycles. The highest BCUT2D eigenvalue weighted by molar-refractivity contribution is 5.76. The minimum absolute atomic E-state index is 0.162. The number of rotatable bonds is 5. The van der Waals surface area contributed by atoms with E-state index in [2.05, 4.69) is 4.90 Å². The zero-order valence-corrected chi connectivity index (χ0v) is 14.5. The Balaban J connectivity index is 1.40. The maximum atomic E-state index is 12.3. The molecule has 1 amide bonds. The van der Waals surface area contributed by atoms with Crippen molar-refractivity contribution in [3.8, 4) is 5.75 Å². The van der Waals surface area contributed by atoms with E-state index in [9.17, 15) is 9.90 Å². The van der Waals surface area contributed by atoms with Gasteiger partial charge in [-0.05, 0) is 37.8 Å². The van der Waals surface area contributed by atoms with Gasteiger partial charge in [-0.25, -0.2) is 0 Å². The van der Waals surface area contributed by atoms with Crippen molar-refractivity contribution in [2.45, 2.75) is 44.8 Å². The number of hydrogen-bond donors (Lipinski definition) is 1. The first-order chi connectivity index (χ1) is 11.6. The van der Waals surface area contributed by atoms with Crippen LogP contribution in [0.2, 0.25) is 0 Å². The third kappa shape index (κ3) is 4.08. The molecular weight excluding hydrogens is 304 g/mol. The topological polar surface area (TPSA) is 53.0 Å². The summed E-state index contributed by atoms with van der Waals surface area (Å²) in [4.78, 5) is 16.6. The molecule has 1 heterocycles. The van der Waals surface area contributed by atoms with Gasteiger partial charge in [0.2, 0.25) is 5.91 Å². The van der Waals surface area contributed by atoms with Crippen molar-refractivity contribution in [1.82, 2.24) is 9.80 Å². The van der Waals surface area contributed by atoms with Crippen LogP contribution in [0.25, 0.3) is 0 Å². The molecule has 24 heavy (non-hydrogen) atoms. The van der Waals surface area contributed by atoms with E-state index in [1.807, 2.05) is 36.1 Å². The molecule has 2 atom stereocenters. The lowest BCUT2D eigenvalue weighted by Crippen LogP contribution is -2.53. The van der Waals surface area contributed by atoms with E-state index in [0.29, 0.717) is 19.1 Å². The SMILES string of the molecule is Cc1ccccc1OCCC(=O)N1CCN([C@H]2CCC[C@H]2O)CC1. The first-order valence-electron chi connectivity index (χ1n) is 9.03. The molecule has 1 saturated carbocycles. The molecule has 0 bridgehead atoms. The lowest BCUT2D eigenvalue weighted by Gasteiger charge is -2.39. The van der Waals surface area contributed by atoms with Gasteiger partial charge in [-0.15, -0.1) is 0 Å². The van der Waals surface area contributed by atoms with Crippen molar-refractivity contribution in [2.75, 3.05) is 32.8 Å². The average Bonchev–Trinajstić information content (AvgIpc) is 3.03. The number of carbonyl (C=O) groups is 1. The number of amides is 1. The third-order valence-electron chi connectivity index (χ3n) is 5.25. The van der Waals surface area contributed by atoms with Crippen LogP contribution in [0.15, 0.2) is 24.3 Å². The highest BCUT2D eigenvalue weighted by Gasteiger charge is 2.33. The molecule has 1 saturated heterocycles.